The van der Waals surface area contributed by atoms with E-state index >= 15 is 0 Å². The van der Waals surface area contributed by atoms with E-state index in [1.54, 1.807) is 7.11 Å². The number of nitrogens with zero attached hydrogens (tertiary/aromatic N) is 2. The lowest BCUT2D eigenvalue weighted by Crippen LogP contribution is -2.49. The van der Waals surface area contributed by atoms with Gasteiger partial charge in [0.05, 0.1) is 13.7 Å². The molecule has 0 aromatic heterocycles. The Labute approximate surface area is 173 Å². The lowest BCUT2D eigenvalue weighted by Gasteiger charge is -2.34. The number of carbonyl (C=O) groups excluding carboxylic acids is 1. The van der Waals surface area contributed by atoms with Gasteiger partial charge in [0.1, 0.15) is 18.1 Å². The minimum Gasteiger partial charge on any atom is -0.497 e. The van der Waals surface area contributed by atoms with Gasteiger partial charge in [-0.2, -0.15) is 0 Å². The van der Waals surface area contributed by atoms with E-state index < -0.39 is 0 Å². The van der Waals surface area contributed by atoms with Gasteiger partial charge in [0.25, 0.3) is 0 Å². The zero-order valence-corrected chi connectivity index (χ0v) is 17.6. The van der Waals surface area contributed by atoms with Gasteiger partial charge in [-0.25, -0.2) is 0 Å². The molecule has 0 spiro atoms. The summed E-state index contributed by atoms with van der Waals surface area (Å²) in [7, 11) is 1.66. The quantitative estimate of drug-likeness (QED) is 0.742. The molecule has 0 radical (unpaired) electrons. The van der Waals surface area contributed by atoms with Crippen molar-refractivity contribution in [1.82, 2.24) is 9.80 Å². The van der Waals surface area contributed by atoms with E-state index in [-0.39, 0.29) is 5.91 Å². The van der Waals surface area contributed by atoms with Crippen LogP contribution in [0, 0.1) is 13.8 Å². The Bertz CT molecular complexity index is 800. The standard InChI is InChI=1S/C23H31N3O3/c1-18-4-5-20(16-19(18)2)24-23(27)17-26-12-10-25(11-13-26)14-15-29-22-8-6-21(28-3)7-9-22/h4-9,16H,10-15,17H2,1-3H3,(H,24,27). The molecule has 156 valence electrons. The second-order valence-corrected chi connectivity index (χ2v) is 7.49. The van der Waals surface area contributed by atoms with E-state index in [0.717, 1.165) is 49.9 Å². The van der Waals surface area contributed by atoms with E-state index in [1.165, 1.54) is 11.1 Å². The van der Waals surface area contributed by atoms with Crippen molar-refractivity contribution in [3.8, 4) is 11.5 Å². The number of hydrogen-bond acceptors (Lipinski definition) is 5. The van der Waals surface area contributed by atoms with Crippen molar-refractivity contribution in [3.63, 3.8) is 0 Å². The Hall–Kier alpha value is -2.57. The van der Waals surface area contributed by atoms with Crippen LogP contribution in [0.25, 0.3) is 0 Å². The lowest BCUT2D eigenvalue weighted by atomic mass is 10.1. The van der Waals surface area contributed by atoms with Crippen LogP contribution < -0.4 is 14.8 Å². The number of benzene rings is 2. The summed E-state index contributed by atoms with van der Waals surface area (Å²) in [5.41, 5.74) is 3.29. The molecule has 1 aliphatic heterocycles. The van der Waals surface area contributed by atoms with Crippen LogP contribution >= 0.6 is 0 Å². The summed E-state index contributed by atoms with van der Waals surface area (Å²) in [5.74, 6) is 1.73. The lowest BCUT2D eigenvalue weighted by molar-refractivity contribution is -0.117. The predicted molar refractivity (Wildman–Crippen MR) is 116 cm³/mol. The first-order valence-corrected chi connectivity index (χ1v) is 10.1. The second kappa shape index (κ2) is 10.3. The van der Waals surface area contributed by atoms with Crippen LogP contribution in [-0.4, -0.2) is 68.7 Å². The molecule has 29 heavy (non-hydrogen) atoms. The van der Waals surface area contributed by atoms with Crippen molar-refractivity contribution in [2.45, 2.75) is 13.8 Å². The van der Waals surface area contributed by atoms with E-state index in [1.807, 2.05) is 42.5 Å². The molecule has 0 atom stereocenters. The number of piperazine rings is 1. The molecule has 1 N–H and O–H groups in total. The van der Waals surface area contributed by atoms with Gasteiger partial charge in [0.15, 0.2) is 0 Å². The third-order valence-electron chi connectivity index (χ3n) is 5.36. The number of ether oxygens (including phenoxy) is 2. The van der Waals surface area contributed by atoms with Crippen molar-refractivity contribution in [2.24, 2.45) is 0 Å². The Balaban J connectivity index is 1.34. The first-order chi connectivity index (χ1) is 14.0. The van der Waals surface area contributed by atoms with Crippen LogP contribution in [0.15, 0.2) is 42.5 Å². The van der Waals surface area contributed by atoms with Crippen molar-refractivity contribution < 1.29 is 14.3 Å². The molecule has 0 aliphatic carbocycles. The molecule has 1 amide bonds. The molecule has 2 aromatic carbocycles. The fourth-order valence-corrected chi connectivity index (χ4v) is 3.36. The fourth-order valence-electron chi connectivity index (χ4n) is 3.36. The molecule has 3 rings (SSSR count). The maximum atomic E-state index is 12.3. The first kappa shape index (κ1) is 21.1. The van der Waals surface area contributed by atoms with Crippen molar-refractivity contribution >= 4 is 11.6 Å². The van der Waals surface area contributed by atoms with Crippen LogP contribution in [0.2, 0.25) is 0 Å². The largest absolute Gasteiger partial charge is 0.497 e. The fraction of sp³-hybridized carbons (Fsp3) is 0.435. The number of methoxy groups -OCH3 is 1. The summed E-state index contributed by atoms with van der Waals surface area (Å²) in [4.78, 5) is 16.9. The zero-order chi connectivity index (χ0) is 20.6. The summed E-state index contributed by atoms with van der Waals surface area (Å²) in [6.45, 7) is 9.78. The number of anilines is 1. The summed E-state index contributed by atoms with van der Waals surface area (Å²) in [5, 5.41) is 3.01. The summed E-state index contributed by atoms with van der Waals surface area (Å²) < 4.78 is 11.0. The van der Waals surface area contributed by atoms with E-state index in [9.17, 15) is 4.79 Å². The maximum absolute atomic E-state index is 12.3. The molecule has 2 aromatic rings. The molecule has 1 saturated heterocycles. The highest BCUT2D eigenvalue weighted by atomic mass is 16.5. The minimum atomic E-state index is 0.0459. The molecule has 0 saturated carbocycles. The topological polar surface area (TPSA) is 54.0 Å². The average Bonchev–Trinajstić information content (AvgIpc) is 2.72. The molecule has 6 heteroatoms. The maximum Gasteiger partial charge on any atom is 0.238 e. The van der Waals surface area contributed by atoms with Gasteiger partial charge in [-0.1, -0.05) is 6.07 Å². The molecule has 1 aliphatic rings. The zero-order valence-electron chi connectivity index (χ0n) is 17.6. The smallest absolute Gasteiger partial charge is 0.238 e. The van der Waals surface area contributed by atoms with E-state index in [2.05, 4.69) is 29.0 Å². The summed E-state index contributed by atoms with van der Waals surface area (Å²) in [6.07, 6.45) is 0. The van der Waals surface area contributed by atoms with Gasteiger partial charge in [0.2, 0.25) is 5.91 Å². The highest BCUT2D eigenvalue weighted by Crippen LogP contribution is 2.17. The van der Waals surface area contributed by atoms with Crippen LogP contribution in [0.4, 0.5) is 5.69 Å². The van der Waals surface area contributed by atoms with E-state index in [0.29, 0.717) is 13.2 Å². The second-order valence-electron chi connectivity index (χ2n) is 7.49. The monoisotopic (exact) mass is 397 g/mol. The van der Waals surface area contributed by atoms with Gasteiger partial charge >= 0.3 is 0 Å². The molecular weight excluding hydrogens is 366 g/mol. The Morgan fingerprint density at radius 3 is 2.24 bits per heavy atom. The van der Waals surface area contributed by atoms with Crippen LogP contribution in [0.3, 0.4) is 0 Å². The van der Waals surface area contributed by atoms with Crippen molar-refractivity contribution in [3.05, 3.63) is 53.6 Å². The SMILES string of the molecule is COc1ccc(OCCN2CCN(CC(=O)Nc3ccc(C)c(C)c3)CC2)cc1. The third-order valence-corrected chi connectivity index (χ3v) is 5.36. The summed E-state index contributed by atoms with van der Waals surface area (Å²) >= 11 is 0. The molecule has 0 bridgehead atoms. The number of carbonyl (C=O) groups is 1. The molecule has 1 heterocycles. The van der Waals surface area contributed by atoms with Crippen molar-refractivity contribution in [1.29, 1.82) is 0 Å². The van der Waals surface area contributed by atoms with Gasteiger partial charge in [0, 0.05) is 38.4 Å². The third kappa shape index (κ3) is 6.48. The molecule has 1 fully saturated rings. The molecule has 0 unspecified atom stereocenters. The predicted octanol–water partition coefficient (Wildman–Crippen LogP) is 2.95. The number of rotatable bonds is 8. The first-order valence-electron chi connectivity index (χ1n) is 10.1. The minimum absolute atomic E-state index is 0.0459. The Morgan fingerprint density at radius 2 is 1.59 bits per heavy atom. The number of nitrogens with one attached hydrogen (secondary N) is 1. The highest BCUT2D eigenvalue weighted by molar-refractivity contribution is 5.92. The highest BCUT2D eigenvalue weighted by Gasteiger charge is 2.19. The van der Waals surface area contributed by atoms with Gasteiger partial charge in [-0.15, -0.1) is 0 Å². The van der Waals surface area contributed by atoms with Gasteiger partial charge < -0.3 is 14.8 Å². The van der Waals surface area contributed by atoms with Crippen molar-refractivity contribution in [2.75, 3.05) is 58.3 Å². The number of hydrogen-bond donors (Lipinski definition) is 1. The Kier molecular flexibility index (Phi) is 7.49. The summed E-state index contributed by atoms with van der Waals surface area (Å²) in [6, 6.07) is 13.7. The van der Waals surface area contributed by atoms with E-state index in [4.69, 9.17) is 9.47 Å². The Morgan fingerprint density at radius 1 is 0.931 bits per heavy atom. The average molecular weight is 398 g/mol. The van der Waals surface area contributed by atoms with Gasteiger partial charge in [-0.3, -0.25) is 14.6 Å². The van der Waals surface area contributed by atoms with Crippen LogP contribution in [0.5, 0.6) is 11.5 Å². The number of amides is 1. The molecule has 6 nitrogen and oxygen atoms in total. The molecular formula is C23H31N3O3. The van der Waals surface area contributed by atoms with Crippen LogP contribution in [-0.2, 0) is 4.79 Å². The number of aryl methyl sites for hydroxylation is 2. The normalized spacial score (nSPS) is 15.1. The van der Waals surface area contributed by atoms with Gasteiger partial charge in [-0.05, 0) is 61.4 Å². The van der Waals surface area contributed by atoms with Crippen LogP contribution in [0.1, 0.15) is 11.1 Å².